The van der Waals surface area contributed by atoms with Gasteiger partial charge in [-0.25, -0.2) is 0 Å². The number of fused-ring (bicyclic) bond motifs is 6. The van der Waals surface area contributed by atoms with Crippen molar-refractivity contribution in [2.75, 3.05) is 4.90 Å². The third kappa shape index (κ3) is 4.22. The second-order valence-electron chi connectivity index (χ2n) is 14.6. The lowest BCUT2D eigenvalue weighted by Gasteiger charge is -2.26. The fraction of sp³-hybridized carbons (Fsp3) is 0. The molecule has 0 saturated carbocycles. The summed E-state index contributed by atoms with van der Waals surface area (Å²) >= 11 is 0. The molecule has 0 saturated heterocycles. The second-order valence-corrected chi connectivity index (χ2v) is 14.6. The average Bonchev–Trinajstić information content (AvgIpc) is 3.76. The molecule has 2 aromatic heterocycles. The monoisotopic (exact) mass is 684 g/mol. The minimum Gasteiger partial charge on any atom is -0.310 e. The van der Waals surface area contributed by atoms with Crippen molar-refractivity contribution in [2.45, 2.75) is 0 Å². The van der Waals surface area contributed by atoms with Crippen LogP contribution in [0.15, 0.2) is 194 Å². The van der Waals surface area contributed by atoms with Gasteiger partial charge in [0, 0.05) is 38.6 Å². The summed E-state index contributed by atoms with van der Waals surface area (Å²) in [6, 6.07) is 71.5. The van der Waals surface area contributed by atoms with Crippen molar-refractivity contribution < 1.29 is 0 Å². The minimum absolute atomic E-state index is 1.11. The normalized spacial score (nSPS) is 12.1. The zero-order chi connectivity index (χ0) is 35.3. The van der Waals surface area contributed by atoms with E-state index in [2.05, 4.69) is 203 Å². The lowest BCUT2D eigenvalue weighted by atomic mass is 9.91. The highest BCUT2D eigenvalue weighted by Gasteiger charge is 2.20. The molecule has 2 nitrogen and oxygen atoms in total. The van der Waals surface area contributed by atoms with Gasteiger partial charge in [-0.05, 0) is 109 Å². The summed E-state index contributed by atoms with van der Waals surface area (Å²) in [7, 11) is 0. The average molecular weight is 685 g/mol. The molecule has 0 radical (unpaired) electrons. The highest BCUT2D eigenvalue weighted by atomic mass is 15.1. The van der Waals surface area contributed by atoms with Crippen molar-refractivity contribution in [3.8, 4) is 22.3 Å². The maximum atomic E-state index is 2.46. The molecule has 10 aromatic carbocycles. The van der Waals surface area contributed by atoms with Crippen LogP contribution < -0.4 is 4.90 Å². The van der Waals surface area contributed by atoms with Crippen LogP contribution in [0.3, 0.4) is 0 Å². The van der Waals surface area contributed by atoms with E-state index in [1.807, 2.05) is 0 Å². The summed E-state index contributed by atoms with van der Waals surface area (Å²) in [5.41, 5.74) is 12.0. The summed E-state index contributed by atoms with van der Waals surface area (Å²) < 4.78 is 2.46. The van der Waals surface area contributed by atoms with Gasteiger partial charge in [-0.2, -0.15) is 0 Å². The van der Waals surface area contributed by atoms with Crippen LogP contribution in [0.2, 0.25) is 0 Å². The molecule has 250 valence electrons. The van der Waals surface area contributed by atoms with Crippen LogP contribution in [0.25, 0.3) is 92.7 Å². The quantitative estimate of drug-likeness (QED) is 0.164. The summed E-state index contributed by atoms with van der Waals surface area (Å²) in [5, 5.41) is 13.0. The first-order valence-corrected chi connectivity index (χ1v) is 18.7. The van der Waals surface area contributed by atoms with E-state index in [0.29, 0.717) is 0 Å². The van der Waals surface area contributed by atoms with E-state index in [1.54, 1.807) is 0 Å². The van der Waals surface area contributed by atoms with Crippen molar-refractivity contribution in [1.82, 2.24) is 4.40 Å². The molecule has 0 amide bonds. The highest BCUT2D eigenvalue weighted by molar-refractivity contribution is 6.25. The zero-order valence-electron chi connectivity index (χ0n) is 29.4. The first-order valence-electron chi connectivity index (χ1n) is 18.7. The fourth-order valence-corrected chi connectivity index (χ4v) is 9.16. The van der Waals surface area contributed by atoms with Crippen molar-refractivity contribution in [3.05, 3.63) is 194 Å². The Bertz CT molecular complexity index is 3290. The van der Waals surface area contributed by atoms with Gasteiger partial charge in [0.25, 0.3) is 0 Å². The van der Waals surface area contributed by atoms with Crippen LogP contribution in [0, 0.1) is 0 Å². The summed E-state index contributed by atoms with van der Waals surface area (Å²) in [5.74, 6) is 0. The van der Waals surface area contributed by atoms with Crippen LogP contribution in [0.1, 0.15) is 0 Å². The summed E-state index contributed by atoms with van der Waals surface area (Å²) in [6.45, 7) is 0. The van der Waals surface area contributed by atoms with Crippen LogP contribution in [-0.2, 0) is 0 Å². The number of rotatable bonds is 5. The number of para-hydroxylation sites is 2. The molecule has 0 aliphatic carbocycles. The molecule has 2 heteroatoms. The number of anilines is 3. The van der Waals surface area contributed by atoms with E-state index in [9.17, 15) is 0 Å². The Morgan fingerprint density at radius 3 is 1.48 bits per heavy atom. The summed E-state index contributed by atoms with van der Waals surface area (Å²) in [6.07, 6.45) is 0. The maximum absolute atomic E-state index is 2.46. The van der Waals surface area contributed by atoms with Crippen LogP contribution in [0.5, 0.6) is 0 Å². The predicted molar refractivity (Wildman–Crippen MR) is 230 cm³/mol. The van der Waals surface area contributed by atoms with Gasteiger partial charge in [0.2, 0.25) is 0 Å². The third-order valence-corrected chi connectivity index (χ3v) is 11.6. The SMILES string of the molecule is c1ccc(-c2ccc(N(c3ccc(-c4cc5ccc6cccc7ccc(c4)c5c67)cc3)c3ccc4c5cccc6c7ccccc7n(c4c3)c65)cc2)cc1. The predicted octanol–water partition coefficient (Wildman–Crippen LogP) is 14.5. The molecule has 0 unspecified atom stereocenters. The Kier molecular flexibility index (Phi) is 6.09. The van der Waals surface area contributed by atoms with E-state index in [-0.39, 0.29) is 0 Å². The van der Waals surface area contributed by atoms with Gasteiger partial charge >= 0.3 is 0 Å². The van der Waals surface area contributed by atoms with E-state index in [0.717, 1.165) is 17.1 Å². The largest absolute Gasteiger partial charge is 0.310 e. The van der Waals surface area contributed by atoms with E-state index >= 15 is 0 Å². The van der Waals surface area contributed by atoms with Crippen molar-refractivity contribution >= 4 is 87.5 Å². The lowest BCUT2D eigenvalue weighted by molar-refractivity contribution is 1.28. The van der Waals surface area contributed by atoms with Gasteiger partial charge < -0.3 is 9.30 Å². The number of hydrogen-bond donors (Lipinski definition) is 0. The number of hydrogen-bond acceptors (Lipinski definition) is 1. The summed E-state index contributed by atoms with van der Waals surface area (Å²) in [4.78, 5) is 2.39. The molecule has 0 fully saturated rings. The molecule has 0 spiro atoms. The van der Waals surface area contributed by atoms with Crippen LogP contribution >= 0.6 is 0 Å². The molecule has 12 rings (SSSR count). The molecule has 0 bridgehead atoms. The zero-order valence-corrected chi connectivity index (χ0v) is 29.4. The van der Waals surface area contributed by atoms with Crippen LogP contribution in [-0.4, -0.2) is 4.40 Å². The first-order chi connectivity index (χ1) is 26.8. The Morgan fingerprint density at radius 2 is 0.796 bits per heavy atom. The van der Waals surface area contributed by atoms with Gasteiger partial charge in [-0.3, -0.25) is 0 Å². The number of benzene rings is 10. The van der Waals surface area contributed by atoms with Gasteiger partial charge in [0.15, 0.2) is 0 Å². The fourth-order valence-electron chi connectivity index (χ4n) is 9.16. The molecule has 0 aliphatic heterocycles. The van der Waals surface area contributed by atoms with Crippen LogP contribution in [0.4, 0.5) is 17.1 Å². The standard InChI is InChI=1S/C52H32N2/c1-2-8-33(9-3-1)34-20-24-41(25-21-34)53(43-28-29-45-47-14-7-13-46-44-12-4-5-15-48(44)54(52(46)47)49(45)32-43)42-26-22-35(23-27-42)40-30-38-18-16-36-10-6-11-37-17-19-39(31-40)51(38)50(36)37/h1-32H. The molecule has 2 heterocycles. The maximum Gasteiger partial charge on any atom is 0.0620 e. The van der Waals surface area contributed by atoms with Crippen molar-refractivity contribution in [2.24, 2.45) is 0 Å². The Balaban J connectivity index is 1.02. The molecule has 12 aromatic rings. The Morgan fingerprint density at radius 1 is 0.296 bits per heavy atom. The van der Waals surface area contributed by atoms with Gasteiger partial charge in [0.05, 0.1) is 16.6 Å². The molecule has 0 N–H and O–H groups in total. The lowest BCUT2D eigenvalue weighted by Crippen LogP contribution is -2.10. The van der Waals surface area contributed by atoms with Gasteiger partial charge in [-0.15, -0.1) is 0 Å². The van der Waals surface area contributed by atoms with Gasteiger partial charge in [0.1, 0.15) is 0 Å². The van der Waals surface area contributed by atoms with E-state index in [1.165, 1.54) is 92.7 Å². The Labute approximate surface area is 312 Å². The molecule has 0 aliphatic rings. The molecule has 54 heavy (non-hydrogen) atoms. The van der Waals surface area contributed by atoms with Gasteiger partial charge in [-0.1, -0.05) is 140 Å². The second kappa shape index (κ2) is 11.2. The Hall–Kier alpha value is -7.16. The van der Waals surface area contributed by atoms with E-state index in [4.69, 9.17) is 0 Å². The topological polar surface area (TPSA) is 7.65 Å². The molecule has 0 atom stereocenters. The molecular formula is C52H32N2. The molecular weight excluding hydrogens is 653 g/mol. The van der Waals surface area contributed by atoms with E-state index < -0.39 is 0 Å². The van der Waals surface area contributed by atoms with Crippen molar-refractivity contribution in [1.29, 1.82) is 0 Å². The smallest absolute Gasteiger partial charge is 0.0620 e. The third-order valence-electron chi connectivity index (χ3n) is 11.6. The number of nitrogens with zero attached hydrogens (tertiary/aromatic N) is 2. The highest BCUT2D eigenvalue weighted by Crippen LogP contribution is 2.43. The minimum atomic E-state index is 1.11. The van der Waals surface area contributed by atoms with Crippen molar-refractivity contribution in [3.63, 3.8) is 0 Å². The first kappa shape index (κ1) is 29.4. The number of aromatic nitrogens is 1.